The van der Waals surface area contributed by atoms with Gasteiger partial charge in [-0.2, -0.15) is 0 Å². The Morgan fingerprint density at radius 2 is 2.25 bits per heavy atom. The van der Waals surface area contributed by atoms with Gasteiger partial charge < -0.3 is 15.0 Å². The lowest BCUT2D eigenvalue weighted by Gasteiger charge is -2.13. The zero-order valence-electron chi connectivity index (χ0n) is 9.97. The molecule has 0 saturated heterocycles. The Morgan fingerprint density at radius 1 is 1.56 bits per heavy atom. The number of carboxylic acid groups (broad SMARTS) is 1. The van der Waals surface area contributed by atoms with Crippen LogP contribution in [-0.2, 0) is 11.3 Å². The normalized spacial score (nSPS) is 13.0. The van der Waals surface area contributed by atoms with E-state index >= 15 is 0 Å². The van der Waals surface area contributed by atoms with Crippen LogP contribution in [0.5, 0.6) is 0 Å². The molecule has 5 nitrogen and oxygen atoms in total. The number of aromatic nitrogens is 2. The maximum Gasteiger partial charge on any atom is 0.326 e. The summed E-state index contributed by atoms with van der Waals surface area (Å²) in [5.41, 5.74) is 0. The molecule has 0 aliphatic rings. The summed E-state index contributed by atoms with van der Waals surface area (Å²) in [5, 5.41) is 12.2. The second kappa shape index (κ2) is 5.65. The Bertz CT molecular complexity index is 347. The molecule has 0 aliphatic carbocycles. The van der Waals surface area contributed by atoms with E-state index in [1.807, 2.05) is 0 Å². The lowest BCUT2D eigenvalue weighted by Crippen LogP contribution is -2.24. The molecular weight excluding hydrogens is 206 g/mol. The zero-order valence-corrected chi connectivity index (χ0v) is 9.97. The molecule has 90 valence electrons. The Morgan fingerprint density at radius 3 is 2.81 bits per heavy atom. The van der Waals surface area contributed by atoms with E-state index in [1.165, 1.54) is 0 Å². The molecule has 0 amide bonds. The molecule has 5 heteroatoms. The number of aliphatic carboxylic acids is 1. The van der Waals surface area contributed by atoms with Crippen LogP contribution < -0.4 is 5.32 Å². The maximum absolute atomic E-state index is 10.9. The fraction of sp³-hybridized carbons (Fsp3) is 0.636. The average molecular weight is 225 g/mol. The smallest absolute Gasteiger partial charge is 0.326 e. The van der Waals surface area contributed by atoms with Crippen LogP contribution in [-0.4, -0.2) is 27.2 Å². The van der Waals surface area contributed by atoms with Crippen molar-refractivity contribution >= 4 is 5.97 Å². The third-order valence-electron chi connectivity index (χ3n) is 2.36. The molecule has 1 rings (SSSR count). The van der Waals surface area contributed by atoms with Crippen molar-refractivity contribution in [2.75, 3.05) is 6.54 Å². The quantitative estimate of drug-likeness (QED) is 0.765. The van der Waals surface area contributed by atoms with Gasteiger partial charge in [0.25, 0.3) is 0 Å². The summed E-state index contributed by atoms with van der Waals surface area (Å²) in [4.78, 5) is 15.0. The van der Waals surface area contributed by atoms with E-state index in [2.05, 4.69) is 24.1 Å². The minimum Gasteiger partial charge on any atom is -0.480 e. The molecule has 0 aromatic carbocycles. The van der Waals surface area contributed by atoms with E-state index in [-0.39, 0.29) is 0 Å². The Hall–Kier alpha value is -1.36. The first-order valence-corrected chi connectivity index (χ1v) is 5.47. The topological polar surface area (TPSA) is 67.2 Å². The van der Waals surface area contributed by atoms with Gasteiger partial charge in [0, 0.05) is 12.4 Å². The number of rotatable bonds is 6. The van der Waals surface area contributed by atoms with Crippen LogP contribution in [0.2, 0.25) is 0 Å². The number of hydrogen-bond donors (Lipinski definition) is 2. The van der Waals surface area contributed by atoms with Crippen LogP contribution in [0, 0.1) is 5.92 Å². The van der Waals surface area contributed by atoms with Gasteiger partial charge in [0.05, 0.1) is 6.54 Å². The van der Waals surface area contributed by atoms with Crippen LogP contribution in [0.25, 0.3) is 0 Å². The standard InChI is InChI=1S/C11H19N3O2/c1-8(2)6-12-7-10-13-4-5-14(10)9(3)11(15)16/h4-5,8-9,12H,6-7H2,1-3H3,(H,15,16). The van der Waals surface area contributed by atoms with E-state index in [0.29, 0.717) is 12.5 Å². The lowest BCUT2D eigenvalue weighted by atomic mass is 10.2. The molecule has 2 N–H and O–H groups in total. The first-order chi connectivity index (χ1) is 7.52. The molecule has 1 heterocycles. The van der Waals surface area contributed by atoms with Crippen LogP contribution >= 0.6 is 0 Å². The van der Waals surface area contributed by atoms with Gasteiger partial charge in [0.2, 0.25) is 0 Å². The van der Waals surface area contributed by atoms with Crippen LogP contribution in [0.4, 0.5) is 0 Å². The number of carbonyl (C=O) groups is 1. The average Bonchev–Trinajstić information content (AvgIpc) is 2.64. The van der Waals surface area contributed by atoms with Gasteiger partial charge in [-0.15, -0.1) is 0 Å². The van der Waals surface area contributed by atoms with Gasteiger partial charge in [0.1, 0.15) is 11.9 Å². The number of nitrogens with zero attached hydrogens (tertiary/aromatic N) is 2. The third kappa shape index (κ3) is 3.34. The molecule has 16 heavy (non-hydrogen) atoms. The second-order valence-corrected chi connectivity index (χ2v) is 4.29. The summed E-state index contributed by atoms with van der Waals surface area (Å²) in [6.07, 6.45) is 3.33. The van der Waals surface area contributed by atoms with Crippen molar-refractivity contribution in [3.05, 3.63) is 18.2 Å². The molecule has 0 bridgehead atoms. The summed E-state index contributed by atoms with van der Waals surface area (Å²) in [7, 11) is 0. The van der Waals surface area contributed by atoms with Crippen molar-refractivity contribution in [2.45, 2.75) is 33.4 Å². The molecular formula is C11H19N3O2. The molecule has 1 aromatic rings. The molecule has 1 aromatic heterocycles. The van der Waals surface area contributed by atoms with Gasteiger partial charge in [0.15, 0.2) is 0 Å². The van der Waals surface area contributed by atoms with E-state index in [1.54, 1.807) is 23.9 Å². The molecule has 0 spiro atoms. The minimum absolute atomic E-state index is 0.570. The Kier molecular flexibility index (Phi) is 4.49. The summed E-state index contributed by atoms with van der Waals surface area (Å²) < 4.78 is 1.68. The van der Waals surface area contributed by atoms with Crippen molar-refractivity contribution < 1.29 is 9.90 Å². The van der Waals surface area contributed by atoms with Gasteiger partial charge >= 0.3 is 5.97 Å². The van der Waals surface area contributed by atoms with Crippen molar-refractivity contribution in [3.8, 4) is 0 Å². The highest BCUT2D eigenvalue weighted by Gasteiger charge is 2.15. The number of nitrogens with one attached hydrogen (secondary N) is 1. The predicted molar refractivity (Wildman–Crippen MR) is 61.1 cm³/mol. The Balaban J connectivity index is 2.60. The molecule has 0 aliphatic heterocycles. The second-order valence-electron chi connectivity index (χ2n) is 4.29. The largest absolute Gasteiger partial charge is 0.480 e. The molecule has 0 fully saturated rings. The van der Waals surface area contributed by atoms with Crippen LogP contribution in [0.15, 0.2) is 12.4 Å². The van der Waals surface area contributed by atoms with Crippen LogP contribution in [0.3, 0.4) is 0 Å². The van der Waals surface area contributed by atoms with Crippen molar-refractivity contribution in [1.29, 1.82) is 0 Å². The van der Waals surface area contributed by atoms with Gasteiger partial charge in [-0.3, -0.25) is 0 Å². The fourth-order valence-electron chi connectivity index (χ4n) is 1.43. The van der Waals surface area contributed by atoms with Crippen molar-refractivity contribution in [1.82, 2.24) is 14.9 Å². The number of carboxylic acids is 1. The Labute approximate surface area is 95.5 Å². The highest BCUT2D eigenvalue weighted by atomic mass is 16.4. The van der Waals surface area contributed by atoms with E-state index in [0.717, 1.165) is 12.4 Å². The fourth-order valence-corrected chi connectivity index (χ4v) is 1.43. The minimum atomic E-state index is -0.844. The third-order valence-corrected chi connectivity index (χ3v) is 2.36. The molecule has 1 atom stereocenters. The summed E-state index contributed by atoms with van der Waals surface area (Å²) in [5.74, 6) is 0.485. The first kappa shape index (κ1) is 12.7. The summed E-state index contributed by atoms with van der Waals surface area (Å²) in [6, 6.07) is -0.571. The summed E-state index contributed by atoms with van der Waals surface area (Å²) in [6.45, 7) is 7.39. The number of hydrogen-bond acceptors (Lipinski definition) is 3. The first-order valence-electron chi connectivity index (χ1n) is 5.47. The van der Waals surface area contributed by atoms with Crippen LogP contribution in [0.1, 0.15) is 32.6 Å². The highest BCUT2D eigenvalue weighted by molar-refractivity contribution is 5.71. The molecule has 0 radical (unpaired) electrons. The van der Waals surface area contributed by atoms with Gasteiger partial charge in [-0.05, 0) is 19.4 Å². The van der Waals surface area contributed by atoms with E-state index < -0.39 is 12.0 Å². The van der Waals surface area contributed by atoms with Crippen molar-refractivity contribution in [3.63, 3.8) is 0 Å². The summed E-state index contributed by atoms with van der Waals surface area (Å²) >= 11 is 0. The van der Waals surface area contributed by atoms with E-state index in [9.17, 15) is 4.79 Å². The lowest BCUT2D eigenvalue weighted by molar-refractivity contribution is -0.140. The highest BCUT2D eigenvalue weighted by Crippen LogP contribution is 2.09. The monoisotopic (exact) mass is 225 g/mol. The van der Waals surface area contributed by atoms with E-state index in [4.69, 9.17) is 5.11 Å². The maximum atomic E-state index is 10.9. The molecule has 0 saturated carbocycles. The predicted octanol–water partition coefficient (Wildman–Crippen LogP) is 1.27. The van der Waals surface area contributed by atoms with Gasteiger partial charge in [-0.1, -0.05) is 13.8 Å². The van der Waals surface area contributed by atoms with Gasteiger partial charge in [-0.25, -0.2) is 9.78 Å². The number of imidazole rings is 1. The van der Waals surface area contributed by atoms with Crippen molar-refractivity contribution in [2.24, 2.45) is 5.92 Å². The SMILES string of the molecule is CC(C)CNCc1nccn1C(C)C(=O)O. The zero-order chi connectivity index (χ0) is 12.1. The molecule has 1 unspecified atom stereocenters.